The van der Waals surface area contributed by atoms with Gasteiger partial charge in [0, 0.05) is 30.8 Å². The molecule has 1 saturated heterocycles. The molecule has 3 N–H and O–H groups in total. The van der Waals surface area contributed by atoms with Crippen molar-refractivity contribution in [2.75, 3.05) is 13.2 Å². The van der Waals surface area contributed by atoms with Crippen molar-refractivity contribution in [3.63, 3.8) is 0 Å². The molecule has 0 aliphatic carbocycles. The zero-order chi connectivity index (χ0) is 13.9. The third-order valence-corrected chi connectivity index (χ3v) is 3.68. The van der Waals surface area contributed by atoms with Crippen LogP contribution in [0.3, 0.4) is 0 Å². The molecule has 2 aromatic rings. The van der Waals surface area contributed by atoms with E-state index in [1.807, 2.05) is 12.3 Å². The molecule has 0 unspecified atom stereocenters. The lowest BCUT2D eigenvalue weighted by atomic mass is 10.1. The van der Waals surface area contributed by atoms with Crippen LogP contribution in [0.1, 0.15) is 23.3 Å². The molecule has 0 bridgehead atoms. The summed E-state index contributed by atoms with van der Waals surface area (Å²) in [5.41, 5.74) is 6.53. The van der Waals surface area contributed by atoms with Gasteiger partial charge >= 0.3 is 0 Å². The summed E-state index contributed by atoms with van der Waals surface area (Å²) >= 11 is 0. The van der Waals surface area contributed by atoms with Gasteiger partial charge in [0.1, 0.15) is 5.69 Å². The fourth-order valence-electron chi connectivity index (χ4n) is 2.49. The number of pyridine rings is 1. The van der Waals surface area contributed by atoms with Crippen LogP contribution in [0.4, 0.5) is 0 Å². The van der Waals surface area contributed by atoms with Gasteiger partial charge < -0.3 is 15.0 Å². The van der Waals surface area contributed by atoms with Crippen LogP contribution in [0.25, 0.3) is 10.9 Å². The molecule has 106 valence electrons. The van der Waals surface area contributed by atoms with E-state index in [2.05, 4.69) is 14.9 Å². The highest BCUT2D eigenvalue weighted by atomic mass is 16.5. The van der Waals surface area contributed by atoms with Crippen molar-refractivity contribution in [3.05, 3.63) is 30.2 Å². The Labute approximate surface area is 116 Å². The van der Waals surface area contributed by atoms with Crippen LogP contribution < -0.4 is 11.1 Å². The molecule has 0 radical (unpaired) electrons. The van der Waals surface area contributed by atoms with E-state index in [9.17, 15) is 4.79 Å². The predicted molar refractivity (Wildman–Crippen MR) is 75.2 cm³/mol. The first-order valence-corrected chi connectivity index (χ1v) is 6.80. The van der Waals surface area contributed by atoms with E-state index >= 15 is 0 Å². The minimum absolute atomic E-state index is 0.299. The molecule has 6 nitrogen and oxygen atoms in total. The van der Waals surface area contributed by atoms with Crippen LogP contribution in [0, 0.1) is 0 Å². The Morgan fingerprint density at radius 2 is 2.30 bits per heavy atom. The zero-order valence-corrected chi connectivity index (χ0v) is 11.2. The Morgan fingerprint density at radius 3 is 3.05 bits per heavy atom. The Kier molecular flexibility index (Phi) is 3.66. The van der Waals surface area contributed by atoms with Gasteiger partial charge in [-0.25, -0.2) is 4.98 Å². The second kappa shape index (κ2) is 5.60. The lowest BCUT2D eigenvalue weighted by Gasteiger charge is -2.23. The van der Waals surface area contributed by atoms with Gasteiger partial charge in [0.2, 0.25) is 0 Å². The molecule has 0 aromatic carbocycles. The number of ether oxygens (including phenoxy) is 1. The maximum absolute atomic E-state index is 11.1. The number of fused-ring (bicyclic) bond motifs is 1. The standard InChI is InChI=1S/C14H18N4O2/c15-14(19)12-7-10-1-4-18(13(10)8-16-12)9-17-11-2-5-20-6-3-11/h1,4,7-8,11,17H,2-3,5-6,9H2,(H2,15,19). The average molecular weight is 274 g/mol. The third kappa shape index (κ3) is 2.66. The Bertz CT molecular complexity index is 617. The van der Waals surface area contributed by atoms with E-state index in [-0.39, 0.29) is 0 Å². The summed E-state index contributed by atoms with van der Waals surface area (Å²) in [6.07, 6.45) is 5.77. The molecule has 1 aliphatic heterocycles. The first-order valence-electron chi connectivity index (χ1n) is 6.80. The second-order valence-electron chi connectivity index (χ2n) is 5.03. The lowest BCUT2D eigenvalue weighted by Crippen LogP contribution is -2.35. The number of nitrogens with zero attached hydrogens (tertiary/aromatic N) is 2. The molecule has 1 aliphatic rings. The number of hydrogen-bond donors (Lipinski definition) is 2. The number of rotatable bonds is 4. The third-order valence-electron chi connectivity index (χ3n) is 3.68. The van der Waals surface area contributed by atoms with Crippen LogP contribution in [-0.4, -0.2) is 34.7 Å². The van der Waals surface area contributed by atoms with Crippen LogP contribution in [0.15, 0.2) is 24.5 Å². The first-order chi connectivity index (χ1) is 9.74. The highest BCUT2D eigenvalue weighted by molar-refractivity contribution is 5.94. The average Bonchev–Trinajstić information content (AvgIpc) is 2.88. The molecule has 2 aromatic heterocycles. The Balaban J connectivity index is 1.73. The quantitative estimate of drug-likeness (QED) is 0.866. The molecule has 0 saturated carbocycles. The summed E-state index contributed by atoms with van der Waals surface area (Å²) in [6.45, 7) is 2.38. The molecule has 3 heterocycles. The number of aromatic nitrogens is 2. The second-order valence-corrected chi connectivity index (χ2v) is 5.03. The SMILES string of the molecule is NC(=O)c1cc2ccn(CNC3CCOCC3)c2cn1. The van der Waals surface area contributed by atoms with Gasteiger partial charge in [0.05, 0.1) is 18.4 Å². The van der Waals surface area contributed by atoms with Crippen LogP contribution in [0.2, 0.25) is 0 Å². The van der Waals surface area contributed by atoms with E-state index in [4.69, 9.17) is 10.5 Å². The maximum atomic E-state index is 11.1. The largest absolute Gasteiger partial charge is 0.381 e. The van der Waals surface area contributed by atoms with Crippen molar-refractivity contribution in [1.29, 1.82) is 0 Å². The van der Waals surface area contributed by atoms with Gasteiger partial charge in [0.15, 0.2) is 0 Å². The molecule has 0 atom stereocenters. The topological polar surface area (TPSA) is 82.2 Å². The number of nitrogens with one attached hydrogen (secondary N) is 1. The number of carbonyl (C=O) groups is 1. The Morgan fingerprint density at radius 1 is 1.50 bits per heavy atom. The number of amides is 1. The van der Waals surface area contributed by atoms with E-state index < -0.39 is 5.91 Å². The van der Waals surface area contributed by atoms with Gasteiger partial charge in [-0.3, -0.25) is 10.1 Å². The molecule has 20 heavy (non-hydrogen) atoms. The fraction of sp³-hybridized carbons (Fsp3) is 0.429. The number of hydrogen-bond acceptors (Lipinski definition) is 4. The molecule has 3 rings (SSSR count). The smallest absolute Gasteiger partial charge is 0.267 e. The van der Waals surface area contributed by atoms with E-state index in [1.165, 1.54) is 0 Å². The fourth-order valence-corrected chi connectivity index (χ4v) is 2.49. The summed E-state index contributed by atoms with van der Waals surface area (Å²) in [5.74, 6) is -0.500. The van der Waals surface area contributed by atoms with Crippen molar-refractivity contribution in [1.82, 2.24) is 14.9 Å². The van der Waals surface area contributed by atoms with Gasteiger partial charge in [0.25, 0.3) is 5.91 Å². The molecular weight excluding hydrogens is 256 g/mol. The van der Waals surface area contributed by atoms with Gasteiger partial charge in [-0.05, 0) is 25.0 Å². The molecular formula is C14H18N4O2. The van der Waals surface area contributed by atoms with Gasteiger partial charge in [-0.1, -0.05) is 0 Å². The van der Waals surface area contributed by atoms with Crippen molar-refractivity contribution in [2.45, 2.75) is 25.6 Å². The van der Waals surface area contributed by atoms with E-state index in [1.54, 1.807) is 12.3 Å². The summed E-state index contributed by atoms with van der Waals surface area (Å²) < 4.78 is 7.43. The highest BCUT2D eigenvalue weighted by Crippen LogP contribution is 2.16. The minimum atomic E-state index is -0.500. The van der Waals surface area contributed by atoms with Crippen molar-refractivity contribution in [2.24, 2.45) is 5.73 Å². The van der Waals surface area contributed by atoms with Gasteiger partial charge in [-0.2, -0.15) is 0 Å². The number of carbonyl (C=O) groups excluding carboxylic acids is 1. The Hall–Kier alpha value is -1.92. The number of nitrogens with two attached hydrogens (primary N) is 1. The van der Waals surface area contributed by atoms with Crippen LogP contribution in [0.5, 0.6) is 0 Å². The summed E-state index contributed by atoms with van der Waals surface area (Å²) in [4.78, 5) is 15.2. The molecule has 1 amide bonds. The normalized spacial score (nSPS) is 16.6. The van der Waals surface area contributed by atoms with Crippen molar-refractivity contribution < 1.29 is 9.53 Å². The van der Waals surface area contributed by atoms with Crippen molar-refractivity contribution in [3.8, 4) is 0 Å². The molecule has 1 fully saturated rings. The lowest BCUT2D eigenvalue weighted by molar-refractivity contribution is 0.0760. The molecule has 0 spiro atoms. The van der Waals surface area contributed by atoms with Gasteiger partial charge in [-0.15, -0.1) is 0 Å². The monoisotopic (exact) mass is 274 g/mol. The van der Waals surface area contributed by atoms with Crippen molar-refractivity contribution >= 4 is 16.8 Å². The zero-order valence-electron chi connectivity index (χ0n) is 11.2. The highest BCUT2D eigenvalue weighted by Gasteiger charge is 2.13. The van der Waals surface area contributed by atoms with Crippen LogP contribution in [-0.2, 0) is 11.4 Å². The summed E-state index contributed by atoms with van der Waals surface area (Å²) in [5, 5.41) is 4.49. The minimum Gasteiger partial charge on any atom is -0.381 e. The summed E-state index contributed by atoms with van der Waals surface area (Å²) in [7, 11) is 0. The first kappa shape index (κ1) is 13.1. The van der Waals surface area contributed by atoms with Crippen LogP contribution >= 0.6 is 0 Å². The summed E-state index contributed by atoms with van der Waals surface area (Å²) in [6, 6.07) is 4.19. The maximum Gasteiger partial charge on any atom is 0.267 e. The number of primary amides is 1. The van der Waals surface area contributed by atoms with E-state index in [0.29, 0.717) is 11.7 Å². The predicted octanol–water partition coefficient (Wildman–Crippen LogP) is 0.861. The van der Waals surface area contributed by atoms with E-state index in [0.717, 1.165) is 43.6 Å². The molecule has 6 heteroatoms.